The second kappa shape index (κ2) is 8.33. The predicted molar refractivity (Wildman–Crippen MR) is 95.9 cm³/mol. The molecular formula is C20H21FN2O5. The van der Waals surface area contributed by atoms with Crippen LogP contribution in [-0.2, 0) is 30.5 Å². The standard InChI is InChI=1S/C20H21FN2O5/c1-12(23-18(25)15-4-2-3-5-16(15)19(23)26)20(27)28-11-17(24)22-10-13-6-8-14(21)9-7-13/h2-3,6-9,12,15-16H,4-5,10-11H2,1H3,(H,22,24)/t12-,15-,16-/m1/s1. The van der Waals surface area contributed by atoms with Crippen molar-refractivity contribution in [2.45, 2.75) is 32.4 Å². The van der Waals surface area contributed by atoms with Gasteiger partial charge in [-0.1, -0.05) is 24.3 Å². The molecule has 1 heterocycles. The first-order valence-electron chi connectivity index (χ1n) is 9.08. The number of halogens is 1. The minimum Gasteiger partial charge on any atom is -0.454 e. The first-order chi connectivity index (χ1) is 13.4. The molecule has 1 aromatic rings. The molecule has 2 aliphatic rings. The van der Waals surface area contributed by atoms with Crippen LogP contribution < -0.4 is 5.32 Å². The number of amides is 3. The average molecular weight is 388 g/mol. The molecule has 1 aliphatic carbocycles. The summed E-state index contributed by atoms with van der Waals surface area (Å²) in [6.07, 6.45) is 4.70. The van der Waals surface area contributed by atoms with Gasteiger partial charge in [-0.05, 0) is 37.5 Å². The van der Waals surface area contributed by atoms with Crippen molar-refractivity contribution in [3.8, 4) is 0 Å². The molecular weight excluding hydrogens is 367 g/mol. The number of hydrogen-bond acceptors (Lipinski definition) is 5. The highest BCUT2D eigenvalue weighted by Crippen LogP contribution is 2.36. The van der Waals surface area contributed by atoms with Crippen LogP contribution in [0, 0.1) is 17.7 Å². The third-order valence-electron chi connectivity index (χ3n) is 5.02. The van der Waals surface area contributed by atoms with Crippen LogP contribution in [0.3, 0.4) is 0 Å². The van der Waals surface area contributed by atoms with Gasteiger partial charge in [0.25, 0.3) is 5.91 Å². The van der Waals surface area contributed by atoms with Crippen molar-refractivity contribution >= 4 is 23.7 Å². The van der Waals surface area contributed by atoms with Crippen molar-refractivity contribution in [1.29, 1.82) is 0 Å². The molecule has 0 radical (unpaired) electrons. The molecule has 1 fully saturated rings. The molecule has 3 amide bonds. The van der Waals surface area contributed by atoms with E-state index in [-0.39, 0.29) is 24.2 Å². The fourth-order valence-corrected chi connectivity index (χ4v) is 3.42. The number of allylic oxidation sites excluding steroid dienone is 2. The lowest BCUT2D eigenvalue weighted by atomic mass is 9.85. The van der Waals surface area contributed by atoms with E-state index >= 15 is 0 Å². The van der Waals surface area contributed by atoms with Gasteiger partial charge in [0.2, 0.25) is 11.8 Å². The summed E-state index contributed by atoms with van der Waals surface area (Å²) >= 11 is 0. The van der Waals surface area contributed by atoms with Crippen LogP contribution >= 0.6 is 0 Å². The van der Waals surface area contributed by atoms with Gasteiger partial charge in [0, 0.05) is 6.54 Å². The lowest BCUT2D eigenvalue weighted by molar-refractivity contribution is -0.159. The summed E-state index contributed by atoms with van der Waals surface area (Å²) in [5, 5.41) is 2.55. The largest absolute Gasteiger partial charge is 0.454 e. The van der Waals surface area contributed by atoms with Crippen LogP contribution in [0.2, 0.25) is 0 Å². The highest BCUT2D eigenvalue weighted by atomic mass is 19.1. The van der Waals surface area contributed by atoms with Crippen LogP contribution in [0.1, 0.15) is 25.3 Å². The van der Waals surface area contributed by atoms with Gasteiger partial charge >= 0.3 is 5.97 Å². The molecule has 0 bridgehead atoms. The van der Waals surface area contributed by atoms with Crippen molar-refractivity contribution in [2.24, 2.45) is 11.8 Å². The maximum Gasteiger partial charge on any atom is 0.329 e. The molecule has 0 unspecified atom stereocenters. The van der Waals surface area contributed by atoms with E-state index in [4.69, 9.17) is 4.74 Å². The lowest BCUT2D eigenvalue weighted by Crippen LogP contribution is -2.45. The third kappa shape index (κ3) is 4.11. The molecule has 0 spiro atoms. The quantitative estimate of drug-likeness (QED) is 0.451. The van der Waals surface area contributed by atoms with Gasteiger partial charge in [-0.3, -0.25) is 19.3 Å². The molecule has 148 valence electrons. The number of hydrogen-bond donors (Lipinski definition) is 1. The van der Waals surface area contributed by atoms with Crippen LogP contribution in [0.15, 0.2) is 36.4 Å². The number of likely N-dealkylation sites (tertiary alicyclic amines) is 1. The molecule has 1 aromatic carbocycles. The number of carbonyl (C=O) groups is 4. The predicted octanol–water partition coefficient (Wildman–Crippen LogP) is 1.32. The van der Waals surface area contributed by atoms with Gasteiger partial charge in [-0.2, -0.15) is 0 Å². The molecule has 0 aromatic heterocycles. The number of fused-ring (bicyclic) bond motifs is 1. The number of nitrogens with one attached hydrogen (secondary N) is 1. The van der Waals surface area contributed by atoms with Gasteiger partial charge in [-0.15, -0.1) is 0 Å². The summed E-state index contributed by atoms with van der Waals surface area (Å²) in [7, 11) is 0. The summed E-state index contributed by atoms with van der Waals surface area (Å²) in [5.41, 5.74) is 0.693. The monoisotopic (exact) mass is 388 g/mol. The molecule has 1 aliphatic heterocycles. The highest BCUT2D eigenvalue weighted by molar-refractivity contribution is 6.08. The number of rotatable bonds is 6. The summed E-state index contributed by atoms with van der Waals surface area (Å²) in [5.74, 6) is -3.32. The van der Waals surface area contributed by atoms with Crippen molar-refractivity contribution < 1.29 is 28.3 Å². The van der Waals surface area contributed by atoms with Gasteiger partial charge in [0.1, 0.15) is 11.9 Å². The zero-order valence-electron chi connectivity index (χ0n) is 15.4. The Morgan fingerprint density at radius 2 is 1.71 bits per heavy atom. The molecule has 3 rings (SSSR count). The first-order valence-corrected chi connectivity index (χ1v) is 9.08. The molecule has 0 saturated carbocycles. The fourth-order valence-electron chi connectivity index (χ4n) is 3.42. The van der Waals surface area contributed by atoms with E-state index in [9.17, 15) is 23.6 Å². The van der Waals surface area contributed by atoms with Gasteiger partial charge in [0.05, 0.1) is 11.8 Å². The fraction of sp³-hybridized carbons (Fsp3) is 0.400. The Morgan fingerprint density at radius 1 is 1.14 bits per heavy atom. The van der Waals surface area contributed by atoms with Crippen LogP contribution in [0.25, 0.3) is 0 Å². The number of ether oxygens (including phenoxy) is 1. The zero-order chi connectivity index (χ0) is 20.3. The van der Waals surface area contributed by atoms with Gasteiger partial charge in [-0.25, -0.2) is 9.18 Å². The molecule has 1 N–H and O–H groups in total. The Balaban J connectivity index is 1.49. The summed E-state index contributed by atoms with van der Waals surface area (Å²) < 4.78 is 17.8. The maximum absolute atomic E-state index is 12.9. The Bertz CT molecular complexity index is 794. The van der Waals surface area contributed by atoms with E-state index in [1.807, 2.05) is 12.2 Å². The Labute approximate surface area is 161 Å². The van der Waals surface area contributed by atoms with Crippen LogP contribution in [-0.4, -0.2) is 41.2 Å². The van der Waals surface area contributed by atoms with Crippen molar-refractivity contribution in [2.75, 3.05) is 6.61 Å². The van der Waals surface area contributed by atoms with Crippen LogP contribution in [0.4, 0.5) is 4.39 Å². The molecule has 28 heavy (non-hydrogen) atoms. The lowest BCUT2D eigenvalue weighted by Gasteiger charge is -2.21. The van der Waals surface area contributed by atoms with E-state index in [1.54, 1.807) is 0 Å². The number of benzene rings is 1. The maximum atomic E-state index is 12.9. The number of imide groups is 1. The topological polar surface area (TPSA) is 92.8 Å². The van der Waals surface area contributed by atoms with E-state index in [1.165, 1.54) is 31.2 Å². The van der Waals surface area contributed by atoms with Crippen molar-refractivity contribution in [1.82, 2.24) is 10.2 Å². The molecule has 3 atom stereocenters. The second-order valence-electron chi connectivity index (χ2n) is 6.89. The molecule has 8 heteroatoms. The molecule has 1 saturated heterocycles. The minimum atomic E-state index is -1.09. The number of carbonyl (C=O) groups excluding carboxylic acids is 4. The smallest absolute Gasteiger partial charge is 0.329 e. The number of nitrogens with zero attached hydrogens (tertiary/aromatic N) is 1. The Kier molecular flexibility index (Phi) is 5.87. The van der Waals surface area contributed by atoms with Crippen molar-refractivity contribution in [3.63, 3.8) is 0 Å². The average Bonchev–Trinajstić information content (AvgIpc) is 2.96. The van der Waals surface area contributed by atoms with Gasteiger partial charge in [0.15, 0.2) is 6.61 Å². The van der Waals surface area contributed by atoms with E-state index < -0.39 is 36.4 Å². The summed E-state index contributed by atoms with van der Waals surface area (Å²) in [6, 6.07) is 4.53. The first kappa shape index (κ1) is 19.7. The third-order valence-corrected chi connectivity index (χ3v) is 5.02. The summed E-state index contributed by atoms with van der Waals surface area (Å²) in [4.78, 5) is 50.0. The van der Waals surface area contributed by atoms with E-state index in [0.717, 1.165) is 4.90 Å². The van der Waals surface area contributed by atoms with Crippen LogP contribution in [0.5, 0.6) is 0 Å². The van der Waals surface area contributed by atoms with E-state index in [2.05, 4.69) is 5.32 Å². The number of esters is 1. The minimum absolute atomic E-state index is 0.158. The summed E-state index contributed by atoms with van der Waals surface area (Å²) in [6.45, 7) is 1.04. The normalized spacial score (nSPS) is 22.0. The SMILES string of the molecule is C[C@H](C(=O)OCC(=O)NCc1ccc(F)cc1)N1C(=O)[C@@H]2CC=CC[C@H]2C1=O. The van der Waals surface area contributed by atoms with Crippen molar-refractivity contribution in [3.05, 3.63) is 47.8 Å². The van der Waals surface area contributed by atoms with E-state index in [0.29, 0.717) is 18.4 Å². The second-order valence-corrected chi connectivity index (χ2v) is 6.89. The zero-order valence-corrected chi connectivity index (χ0v) is 15.4. The van der Waals surface area contributed by atoms with Gasteiger partial charge < -0.3 is 10.1 Å². The Morgan fingerprint density at radius 3 is 2.29 bits per heavy atom. The molecule has 7 nitrogen and oxygen atoms in total. The Hall–Kier alpha value is -3.03. The highest BCUT2D eigenvalue weighted by Gasteiger charge is 2.50.